The standard InChI is InChI=1S/C11H10FNO5/c1-4-7(9(14)11(17)18)6-2-5(12)3-13(6)8(4)10(15)16/h5H,2-3H2,1H3,(H,15,16)(H,17,18)/t5-/m1/s1. The molecule has 0 aliphatic carbocycles. The summed E-state index contributed by atoms with van der Waals surface area (Å²) in [5.41, 5.74) is -0.170. The Bertz CT molecular complexity index is 574. The first-order chi connectivity index (χ1) is 8.34. The van der Waals surface area contributed by atoms with Crippen molar-refractivity contribution >= 4 is 17.7 Å². The van der Waals surface area contributed by atoms with Crippen LogP contribution in [0.15, 0.2) is 0 Å². The van der Waals surface area contributed by atoms with E-state index in [1.165, 1.54) is 11.5 Å². The van der Waals surface area contributed by atoms with E-state index in [4.69, 9.17) is 10.2 Å². The van der Waals surface area contributed by atoms with E-state index in [9.17, 15) is 18.8 Å². The maximum Gasteiger partial charge on any atom is 0.377 e. The second-order valence-electron chi connectivity index (χ2n) is 4.15. The Labute approximate surface area is 101 Å². The molecule has 2 N–H and O–H groups in total. The number of ketones is 1. The molecule has 0 aromatic carbocycles. The molecule has 2 rings (SSSR count). The van der Waals surface area contributed by atoms with Crippen LogP contribution in [0.25, 0.3) is 0 Å². The number of aliphatic carboxylic acids is 1. The van der Waals surface area contributed by atoms with E-state index in [0.29, 0.717) is 0 Å². The number of fused-ring (bicyclic) bond motifs is 1. The molecule has 18 heavy (non-hydrogen) atoms. The smallest absolute Gasteiger partial charge is 0.377 e. The highest BCUT2D eigenvalue weighted by Crippen LogP contribution is 2.30. The van der Waals surface area contributed by atoms with E-state index in [0.717, 1.165) is 0 Å². The highest BCUT2D eigenvalue weighted by Gasteiger charge is 2.36. The fraction of sp³-hybridized carbons (Fsp3) is 0.364. The zero-order valence-electron chi connectivity index (χ0n) is 9.44. The third-order valence-corrected chi connectivity index (χ3v) is 3.03. The fourth-order valence-electron chi connectivity index (χ4n) is 2.38. The van der Waals surface area contributed by atoms with Crippen molar-refractivity contribution in [3.05, 3.63) is 22.5 Å². The van der Waals surface area contributed by atoms with Crippen LogP contribution in [0.4, 0.5) is 4.39 Å². The minimum atomic E-state index is -1.68. The summed E-state index contributed by atoms with van der Waals surface area (Å²) in [5, 5.41) is 17.8. The highest BCUT2D eigenvalue weighted by molar-refractivity contribution is 6.40. The maximum atomic E-state index is 13.3. The SMILES string of the molecule is Cc1c(C(=O)C(=O)O)c2n(c1C(=O)O)C[C@H](F)C2. The first-order valence-corrected chi connectivity index (χ1v) is 5.21. The number of hydrogen-bond acceptors (Lipinski definition) is 3. The summed E-state index contributed by atoms with van der Waals surface area (Å²) < 4.78 is 14.5. The number of Topliss-reactive ketones (excluding diaryl/α,β-unsaturated/α-hetero) is 1. The van der Waals surface area contributed by atoms with Crippen molar-refractivity contribution in [1.82, 2.24) is 4.57 Å². The van der Waals surface area contributed by atoms with Gasteiger partial charge in [0, 0.05) is 12.1 Å². The molecule has 96 valence electrons. The third kappa shape index (κ3) is 1.59. The van der Waals surface area contributed by atoms with Crippen molar-refractivity contribution in [2.45, 2.75) is 26.1 Å². The van der Waals surface area contributed by atoms with E-state index >= 15 is 0 Å². The molecule has 0 saturated heterocycles. The quantitative estimate of drug-likeness (QED) is 0.610. The molecule has 0 saturated carbocycles. The predicted molar refractivity (Wildman–Crippen MR) is 56.7 cm³/mol. The number of alkyl halides is 1. The summed E-state index contributed by atoms with van der Waals surface area (Å²) in [4.78, 5) is 33.3. The van der Waals surface area contributed by atoms with Crippen molar-refractivity contribution in [1.29, 1.82) is 0 Å². The lowest BCUT2D eigenvalue weighted by molar-refractivity contribution is -0.131. The summed E-state index contributed by atoms with van der Waals surface area (Å²) in [7, 11) is 0. The van der Waals surface area contributed by atoms with Crippen LogP contribution in [0.1, 0.15) is 32.1 Å². The Morgan fingerprint density at radius 1 is 1.33 bits per heavy atom. The minimum absolute atomic E-state index is 0.0804. The second kappa shape index (κ2) is 3.94. The van der Waals surface area contributed by atoms with Crippen LogP contribution >= 0.6 is 0 Å². The lowest BCUT2D eigenvalue weighted by atomic mass is 10.0. The zero-order chi connectivity index (χ0) is 13.6. The lowest BCUT2D eigenvalue weighted by Crippen LogP contribution is -2.16. The number of carbonyl (C=O) groups is 3. The molecular formula is C11H10FNO5. The number of aromatic carboxylic acids is 1. The molecule has 0 radical (unpaired) electrons. The van der Waals surface area contributed by atoms with E-state index in [1.54, 1.807) is 0 Å². The van der Waals surface area contributed by atoms with Crippen LogP contribution in [-0.4, -0.2) is 38.7 Å². The maximum absolute atomic E-state index is 13.3. The molecule has 1 aliphatic rings. The molecule has 0 bridgehead atoms. The Balaban J connectivity index is 2.69. The van der Waals surface area contributed by atoms with E-state index in [1.807, 2.05) is 0 Å². The van der Waals surface area contributed by atoms with E-state index in [2.05, 4.69) is 0 Å². The van der Waals surface area contributed by atoms with Gasteiger partial charge in [0.1, 0.15) is 11.9 Å². The molecular weight excluding hydrogens is 245 g/mol. The molecule has 1 aliphatic heterocycles. The van der Waals surface area contributed by atoms with Gasteiger partial charge in [-0.25, -0.2) is 14.0 Å². The number of rotatable bonds is 3. The normalized spacial score (nSPS) is 17.6. The lowest BCUT2D eigenvalue weighted by Gasteiger charge is -2.02. The number of hydrogen-bond donors (Lipinski definition) is 2. The van der Waals surface area contributed by atoms with Gasteiger partial charge in [0.25, 0.3) is 5.78 Å². The van der Waals surface area contributed by atoms with Crippen LogP contribution in [0.3, 0.4) is 0 Å². The molecule has 0 spiro atoms. The van der Waals surface area contributed by atoms with Gasteiger partial charge in [-0.1, -0.05) is 0 Å². The van der Waals surface area contributed by atoms with Gasteiger partial charge >= 0.3 is 11.9 Å². The molecule has 7 heteroatoms. The molecule has 6 nitrogen and oxygen atoms in total. The van der Waals surface area contributed by atoms with Gasteiger partial charge in [0.2, 0.25) is 0 Å². The molecule has 1 aromatic rings. The van der Waals surface area contributed by atoms with Gasteiger partial charge in [-0.2, -0.15) is 0 Å². The van der Waals surface area contributed by atoms with Gasteiger partial charge in [-0.3, -0.25) is 4.79 Å². The second-order valence-corrected chi connectivity index (χ2v) is 4.15. The van der Waals surface area contributed by atoms with Crippen molar-refractivity contribution < 1.29 is 29.0 Å². The van der Waals surface area contributed by atoms with Crippen molar-refractivity contribution in [2.75, 3.05) is 0 Å². The number of carboxylic acid groups (broad SMARTS) is 2. The number of carboxylic acids is 2. The van der Waals surface area contributed by atoms with Crippen molar-refractivity contribution in [3.8, 4) is 0 Å². The van der Waals surface area contributed by atoms with Crippen LogP contribution in [0.5, 0.6) is 0 Å². The molecule has 0 fully saturated rings. The van der Waals surface area contributed by atoms with Gasteiger partial charge in [0.15, 0.2) is 0 Å². The van der Waals surface area contributed by atoms with Crippen molar-refractivity contribution in [3.63, 3.8) is 0 Å². The monoisotopic (exact) mass is 255 g/mol. The number of carbonyl (C=O) groups excluding carboxylic acids is 1. The first kappa shape index (κ1) is 12.3. The molecule has 0 amide bonds. The highest BCUT2D eigenvalue weighted by atomic mass is 19.1. The summed E-state index contributed by atoms with van der Waals surface area (Å²) in [6.07, 6.45) is -1.43. The predicted octanol–water partition coefficient (Wildman–Crippen LogP) is 0.656. The molecule has 1 aromatic heterocycles. The molecule has 1 atom stereocenters. The first-order valence-electron chi connectivity index (χ1n) is 5.21. The van der Waals surface area contributed by atoms with Crippen LogP contribution in [0.2, 0.25) is 0 Å². The number of nitrogens with zero attached hydrogens (tertiary/aromatic N) is 1. The van der Waals surface area contributed by atoms with E-state index in [-0.39, 0.29) is 35.5 Å². The summed E-state index contributed by atoms with van der Waals surface area (Å²) in [5.74, 6) is -4.17. The third-order valence-electron chi connectivity index (χ3n) is 3.03. The molecule has 0 unspecified atom stereocenters. The minimum Gasteiger partial charge on any atom is -0.477 e. The van der Waals surface area contributed by atoms with E-state index < -0.39 is 23.9 Å². The largest absolute Gasteiger partial charge is 0.477 e. The summed E-state index contributed by atoms with van der Waals surface area (Å²) >= 11 is 0. The topological polar surface area (TPSA) is 96.6 Å². The van der Waals surface area contributed by atoms with Gasteiger partial charge in [-0.05, 0) is 12.5 Å². The molecule has 2 heterocycles. The average Bonchev–Trinajstić information content (AvgIpc) is 2.70. The van der Waals surface area contributed by atoms with Gasteiger partial charge in [0.05, 0.1) is 12.1 Å². The van der Waals surface area contributed by atoms with Crippen LogP contribution < -0.4 is 0 Å². The Kier molecular flexibility index (Phi) is 2.68. The van der Waals surface area contributed by atoms with Crippen LogP contribution in [-0.2, 0) is 17.8 Å². The van der Waals surface area contributed by atoms with Crippen molar-refractivity contribution in [2.24, 2.45) is 0 Å². The summed E-state index contributed by atoms with van der Waals surface area (Å²) in [6.45, 7) is 1.20. The zero-order valence-corrected chi connectivity index (χ0v) is 9.44. The summed E-state index contributed by atoms with van der Waals surface area (Å²) in [6, 6.07) is 0. The van der Waals surface area contributed by atoms with Gasteiger partial charge in [-0.15, -0.1) is 0 Å². The Hall–Kier alpha value is -2.18. The van der Waals surface area contributed by atoms with Crippen LogP contribution in [0, 0.1) is 6.92 Å². The number of halogens is 1. The fourth-order valence-corrected chi connectivity index (χ4v) is 2.38. The Morgan fingerprint density at radius 2 is 1.94 bits per heavy atom. The Morgan fingerprint density at radius 3 is 2.44 bits per heavy atom. The average molecular weight is 255 g/mol. The number of aromatic nitrogens is 1. The van der Waals surface area contributed by atoms with Gasteiger partial charge < -0.3 is 14.8 Å².